The lowest BCUT2D eigenvalue weighted by Crippen LogP contribution is -2.35. The van der Waals surface area contributed by atoms with E-state index in [4.69, 9.17) is 0 Å². The number of benzene rings is 6. The van der Waals surface area contributed by atoms with Crippen molar-refractivity contribution in [3.8, 4) is 39.5 Å². The van der Waals surface area contributed by atoms with Crippen molar-refractivity contribution in [1.29, 1.82) is 0 Å². The van der Waals surface area contributed by atoms with Crippen molar-refractivity contribution >= 4 is 10.8 Å². The minimum atomic E-state index is -0.899. The Bertz CT molecular complexity index is 2400. The molecule has 4 aromatic carbocycles. The molecule has 7 heteroatoms. The average Bonchev–Trinajstić information content (AvgIpc) is 3.08. The molecule has 6 rings (SSSR count). The number of rotatable bonds is 7. The molecule has 0 saturated heterocycles. The first-order chi connectivity index (χ1) is 22.8. The fraction of sp³-hybridized carbons (Fsp3) is 0.220. The lowest BCUT2D eigenvalue weighted by molar-refractivity contribution is 0.461. The van der Waals surface area contributed by atoms with Crippen LogP contribution in [-0.4, -0.2) is 15.3 Å². The summed E-state index contributed by atoms with van der Waals surface area (Å²) in [4.78, 5) is 54.5. The van der Waals surface area contributed by atoms with Crippen molar-refractivity contribution in [1.82, 2.24) is 0 Å². The summed E-state index contributed by atoms with van der Waals surface area (Å²) >= 11 is 0. The Morgan fingerprint density at radius 3 is 1.67 bits per heavy atom. The molecule has 0 aromatic heterocycles. The van der Waals surface area contributed by atoms with Gasteiger partial charge in [0.25, 0.3) is 0 Å². The van der Waals surface area contributed by atoms with Crippen molar-refractivity contribution in [2.24, 2.45) is 0 Å². The molecular formula is C41H36O7. The molecule has 0 heterocycles. The van der Waals surface area contributed by atoms with E-state index >= 15 is 0 Å². The topological polar surface area (TPSA) is 129 Å². The molecule has 0 saturated carbocycles. The zero-order valence-electron chi connectivity index (χ0n) is 27.5. The standard InChI is InChI=1S/C41H36O7/c1-20(25-12-8-6-9-13-25)16-27-22(3)31(42)18-29-35(27)37(44)23(4)33(40(29)47)34-24(5)38(45)36-28(17-21(2)26-14-10-7-11-15-26)39(46)32(43)19-30(36)41(34)48/h6-15,18-21,42,44,47H,16-17H2,1-5H3. The van der Waals surface area contributed by atoms with E-state index in [0.717, 1.165) is 17.2 Å². The van der Waals surface area contributed by atoms with E-state index in [0.29, 0.717) is 22.9 Å². The summed E-state index contributed by atoms with van der Waals surface area (Å²) in [5.74, 6) is -0.901. The van der Waals surface area contributed by atoms with Crippen LogP contribution in [-0.2, 0) is 12.8 Å². The Morgan fingerprint density at radius 1 is 0.562 bits per heavy atom. The number of phenolic OH excluding ortho intramolecular Hbond substituents is 3. The highest BCUT2D eigenvalue weighted by molar-refractivity contribution is 6.04. The normalized spacial score (nSPS) is 12.9. The van der Waals surface area contributed by atoms with Crippen LogP contribution in [0.15, 0.2) is 92.0 Å². The van der Waals surface area contributed by atoms with Gasteiger partial charge in [-0.2, -0.15) is 0 Å². The number of fused-ring (bicyclic) bond motifs is 2. The first-order valence-electron chi connectivity index (χ1n) is 16.0. The lowest BCUT2D eigenvalue weighted by Gasteiger charge is -2.22. The molecule has 48 heavy (non-hydrogen) atoms. The van der Waals surface area contributed by atoms with Crippen LogP contribution < -0.4 is 21.7 Å². The van der Waals surface area contributed by atoms with Gasteiger partial charge in [0.2, 0.25) is 10.9 Å². The van der Waals surface area contributed by atoms with Gasteiger partial charge in [-0.3, -0.25) is 19.2 Å². The SMILES string of the molecule is Cc1c(-c2c(C)c(=O)c3c(CC(C)c4ccccc4)c(=O)c(=O)cc-3c2=O)c(O)c2cc(O)c(C)c(CC(C)c3ccccc3)c2c1O. The van der Waals surface area contributed by atoms with Gasteiger partial charge in [0, 0.05) is 55.8 Å². The van der Waals surface area contributed by atoms with Crippen LogP contribution in [0.2, 0.25) is 0 Å². The van der Waals surface area contributed by atoms with Gasteiger partial charge in [0.1, 0.15) is 17.2 Å². The second kappa shape index (κ2) is 12.2. The van der Waals surface area contributed by atoms with E-state index in [9.17, 15) is 34.5 Å². The van der Waals surface area contributed by atoms with Crippen molar-refractivity contribution in [2.75, 3.05) is 0 Å². The molecule has 0 bridgehead atoms. The largest absolute Gasteiger partial charge is 0.508 e. The zero-order valence-corrected chi connectivity index (χ0v) is 27.5. The van der Waals surface area contributed by atoms with Gasteiger partial charge in [-0.25, -0.2) is 0 Å². The second-order valence-corrected chi connectivity index (χ2v) is 12.9. The molecule has 2 atom stereocenters. The molecule has 4 aromatic rings. The van der Waals surface area contributed by atoms with Gasteiger partial charge in [-0.15, -0.1) is 0 Å². The van der Waals surface area contributed by atoms with E-state index in [2.05, 4.69) is 0 Å². The van der Waals surface area contributed by atoms with Gasteiger partial charge in [-0.05, 0) is 73.8 Å². The lowest BCUT2D eigenvalue weighted by atomic mass is 9.82. The molecule has 0 amide bonds. The quantitative estimate of drug-likeness (QED) is 0.131. The first kappa shape index (κ1) is 32.4. The van der Waals surface area contributed by atoms with Gasteiger partial charge in [-0.1, -0.05) is 74.5 Å². The highest BCUT2D eigenvalue weighted by Gasteiger charge is 2.31. The summed E-state index contributed by atoms with van der Waals surface area (Å²) in [6, 6.07) is 21.4. The third-order valence-electron chi connectivity index (χ3n) is 9.91. The Morgan fingerprint density at radius 2 is 1.10 bits per heavy atom. The minimum Gasteiger partial charge on any atom is -0.508 e. The molecule has 0 radical (unpaired) electrons. The molecule has 0 aliphatic heterocycles. The summed E-state index contributed by atoms with van der Waals surface area (Å²) in [5.41, 5.74) is -0.268. The van der Waals surface area contributed by atoms with Crippen molar-refractivity contribution in [3.63, 3.8) is 0 Å². The maximum Gasteiger partial charge on any atom is 0.229 e. The maximum absolute atomic E-state index is 14.3. The molecule has 2 aliphatic rings. The number of aromatic hydroxyl groups is 3. The van der Waals surface area contributed by atoms with Crippen LogP contribution in [0, 0.1) is 20.8 Å². The van der Waals surface area contributed by atoms with Crippen LogP contribution in [0.25, 0.3) is 33.0 Å². The summed E-state index contributed by atoms with van der Waals surface area (Å²) in [5, 5.41) is 35.0. The van der Waals surface area contributed by atoms with E-state index in [1.165, 1.54) is 13.0 Å². The minimum absolute atomic E-state index is 0.00132. The van der Waals surface area contributed by atoms with Crippen molar-refractivity contribution in [2.45, 2.75) is 59.3 Å². The third-order valence-corrected chi connectivity index (χ3v) is 9.91. The van der Waals surface area contributed by atoms with Gasteiger partial charge >= 0.3 is 0 Å². The molecule has 0 spiro atoms. The molecule has 2 aliphatic carbocycles. The fourth-order valence-electron chi connectivity index (χ4n) is 7.10. The van der Waals surface area contributed by atoms with Crippen molar-refractivity contribution < 1.29 is 15.3 Å². The van der Waals surface area contributed by atoms with E-state index in [-0.39, 0.29) is 79.8 Å². The highest BCUT2D eigenvalue weighted by atomic mass is 16.3. The van der Waals surface area contributed by atoms with Crippen LogP contribution in [0.4, 0.5) is 0 Å². The Labute approximate surface area is 277 Å². The van der Waals surface area contributed by atoms with Gasteiger partial charge in [0.05, 0.1) is 0 Å². The maximum atomic E-state index is 14.3. The predicted molar refractivity (Wildman–Crippen MR) is 190 cm³/mol. The number of hydrogen-bond acceptors (Lipinski definition) is 7. The van der Waals surface area contributed by atoms with E-state index in [1.54, 1.807) is 13.8 Å². The van der Waals surface area contributed by atoms with Gasteiger partial charge in [0.15, 0.2) is 10.9 Å². The zero-order chi connectivity index (χ0) is 34.6. The molecule has 0 fully saturated rings. The second-order valence-electron chi connectivity index (χ2n) is 12.9. The highest BCUT2D eigenvalue weighted by Crippen LogP contribution is 2.48. The monoisotopic (exact) mass is 640 g/mol. The average molecular weight is 641 g/mol. The Hall–Kier alpha value is -5.56. The summed E-state index contributed by atoms with van der Waals surface area (Å²) < 4.78 is 0. The van der Waals surface area contributed by atoms with Crippen LogP contribution in [0.5, 0.6) is 17.2 Å². The third kappa shape index (κ3) is 5.16. The fourth-order valence-corrected chi connectivity index (χ4v) is 7.10. The predicted octanol–water partition coefficient (Wildman–Crippen LogP) is 6.66. The first-order valence-corrected chi connectivity index (χ1v) is 16.0. The van der Waals surface area contributed by atoms with Gasteiger partial charge < -0.3 is 15.3 Å². The van der Waals surface area contributed by atoms with Crippen molar-refractivity contribution in [3.05, 3.63) is 153 Å². The Balaban J connectivity index is 1.60. The molecule has 242 valence electrons. The number of phenols is 3. The van der Waals surface area contributed by atoms with Crippen LogP contribution >= 0.6 is 0 Å². The molecule has 2 unspecified atom stereocenters. The van der Waals surface area contributed by atoms with E-state index < -0.39 is 21.7 Å². The molecule has 7 nitrogen and oxygen atoms in total. The summed E-state index contributed by atoms with van der Waals surface area (Å²) in [7, 11) is 0. The summed E-state index contributed by atoms with van der Waals surface area (Å²) in [6.07, 6.45) is 0.514. The molecular weight excluding hydrogens is 604 g/mol. The van der Waals surface area contributed by atoms with Crippen LogP contribution in [0.3, 0.4) is 0 Å². The number of hydrogen-bond donors (Lipinski definition) is 3. The van der Waals surface area contributed by atoms with E-state index in [1.807, 2.05) is 74.5 Å². The van der Waals surface area contributed by atoms with Crippen LogP contribution in [0.1, 0.15) is 64.6 Å². The Kier molecular flexibility index (Phi) is 8.25. The molecule has 3 N–H and O–H groups in total. The summed E-state index contributed by atoms with van der Waals surface area (Å²) in [6.45, 7) is 8.66. The smallest absolute Gasteiger partial charge is 0.229 e.